The number of ether oxygens (including phenoxy) is 1. The lowest BCUT2D eigenvalue weighted by atomic mass is 10.1. The van der Waals surface area contributed by atoms with Crippen LogP contribution in [0.2, 0.25) is 0 Å². The molecule has 0 fully saturated rings. The van der Waals surface area contributed by atoms with E-state index in [1.54, 1.807) is 18.2 Å². The summed E-state index contributed by atoms with van der Waals surface area (Å²) in [4.78, 5) is 4.83. The molecule has 0 aromatic heterocycles. The summed E-state index contributed by atoms with van der Waals surface area (Å²) in [6.07, 6.45) is 0. The van der Waals surface area contributed by atoms with E-state index in [2.05, 4.69) is 17.9 Å². The highest BCUT2D eigenvalue weighted by Gasteiger charge is 2.05. The van der Waals surface area contributed by atoms with Crippen molar-refractivity contribution in [3.05, 3.63) is 29.3 Å². The van der Waals surface area contributed by atoms with Crippen LogP contribution in [0, 0.1) is 11.3 Å². The lowest BCUT2D eigenvalue weighted by molar-refractivity contribution is 0.130. The van der Waals surface area contributed by atoms with Gasteiger partial charge in [-0.3, -0.25) is 0 Å². The molecule has 1 rings (SSSR count). The largest absolute Gasteiger partial charge is 0.493 e. The summed E-state index contributed by atoms with van der Waals surface area (Å²) < 4.78 is 5.38. The predicted octanol–water partition coefficient (Wildman–Crippen LogP) is 2.09. The highest BCUT2D eigenvalue weighted by Crippen LogP contribution is 2.21. The molecule has 0 saturated heterocycles. The third kappa shape index (κ3) is 2.99. The average Bonchev–Trinajstić information content (AvgIpc) is 2.27. The van der Waals surface area contributed by atoms with E-state index < -0.39 is 0 Å². The maximum absolute atomic E-state index is 8.73. The molecule has 0 aliphatic rings. The maximum Gasteiger partial charge on any atom is 0.145 e. The van der Waals surface area contributed by atoms with Crippen molar-refractivity contribution >= 4 is 6.72 Å². The van der Waals surface area contributed by atoms with Gasteiger partial charge in [0.05, 0.1) is 18.2 Å². The normalized spacial score (nSPS) is 9.07. The average molecular weight is 204 g/mol. The zero-order valence-corrected chi connectivity index (χ0v) is 8.56. The summed E-state index contributed by atoms with van der Waals surface area (Å²) in [6.45, 7) is 5.95. The first-order valence-corrected chi connectivity index (χ1v) is 4.55. The molecule has 0 radical (unpaired) electrons. The second-order valence-corrected chi connectivity index (χ2v) is 2.77. The lowest BCUT2D eigenvalue weighted by Gasteiger charge is -2.09. The van der Waals surface area contributed by atoms with Gasteiger partial charge in [0.15, 0.2) is 0 Å². The molecule has 15 heavy (non-hydrogen) atoms. The highest BCUT2D eigenvalue weighted by atomic mass is 16.6. The van der Waals surface area contributed by atoms with Crippen LogP contribution >= 0.6 is 0 Å². The maximum atomic E-state index is 8.73. The van der Waals surface area contributed by atoms with E-state index in [9.17, 15) is 0 Å². The number of hydrogen-bond donors (Lipinski definition) is 0. The molecule has 0 aliphatic heterocycles. The van der Waals surface area contributed by atoms with Crippen LogP contribution in [-0.2, 0) is 11.4 Å². The molecule has 4 nitrogen and oxygen atoms in total. The van der Waals surface area contributed by atoms with Crippen molar-refractivity contribution in [3.63, 3.8) is 0 Å². The van der Waals surface area contributed by atoms with Gasteiger partial charge in [0, 0.05) is 12.3 Å². The van der Waals surface area contributed by atoms with Crippen molar-refractivity contribution in [1.29, 1.82) is 5.26 Å². The Kier molecular flexibility index (Phi) is 4.17. The summed E-state index contributed by atoms with van der Waals surface area (Å²) in [5, 5.41) is 12.0. The first-order chi connectivity index (χ1) is 7.31. The van der Waals surface area contributed by atoms with Crippen LogP contribution in [0.3, 0.4) is 0 Å². The molecule has 0 bridgehead atoms. The van der Waals surface area contributed by atoms with Gasteiger partial charge in [-0.05, 0) is 19.1 Å². The summed E-state index contributed by atoms with van der Waals surface area (Å²) in [5.41, 5.74) is 1.41. The SMILES string of the molecule is C=NOCc1ccc(C#N)cc1OCC. The predicted molar refractivity (Wildman–Crippen MR) is 56.7 cm³/mol. The summed E-state index contributed by atoms with van der Waals surface area (Å²) in [6, 6.07) is 7.24. The molecule has 0 unspecified atom stereocenters. The van der Waals surface area contributed by atoms with Crippen LogP contribution in [0.25, 0.3) is 0 Å². The van der Waals surface area contributed by atoms with Gasteiger partial charge in [0.1, 0.15) is 12.4 Å². The van der Waals surface area contributed by atoms with E-state index in [1.807, 2.05) is 6.92 Å². The van der Waals surface area contributed by atoms with E-state index in [0.717, 1.165) is 5.56 Å². The molecule has 0 atom stereocenters. The Morgan fingerprint density at radius 1 is 1.53 bits per heavy atom. The Labute approximate surface area is 88.7 Å². The van der Waals surface area contributed by atoms with Gasteiger partial charge >= 0.3 is 0 Å². The van der Waals surface area contributed by atoms with Crippen LogP contribution in [0.4, 0.5) is 0 Å². The molecular formula is C11H12N2O2. The van der Waals surface area contributed by atoms with Crippen LogP contribution in [0.5, 0.6) is 5.75 Å². The third-order valence-electron chi connectivity index (χ3n) is 1.81. The topological polar surface area (TPSA) is 54.6 Å². The Bertz CT molecular complexity index is 383. The van der Waals surface area contributed by atoms with Gasteiger partial charge in [-0.2, -0.15) is 5.26 Å². The monoisotopic (exact) mass is 204 g/mol. The standard InChI is InChI=1S/C11H12N2O2/c1-3-14-11-6-9(7-12)4-5-10(11)8-15-13-2/h4-6H,2-3,8H2,1H3. The Morgan fingerprint density at radius 2 is 2.33 bits per heavy atom. The van der Waals surface area contributed by atoms with Crippen molar-refractivity contribution in [3.8, 4) is 11.8 Å². The summed E-state index contributed by atoms with van der Waals surface area (Å²) in [5.74, 6) is 0.653. The van der Waals surface area contributed by atoms with Crippen molar-refractivity contribution in [2.24, 2.45) is 5.16 Å². The Hall–Kier alpha value is -2.02. The first-order valence-electron chi connectivity index (χ1n) is 4.55. The zero-order chi connectivity index (χ0) is 11.1. The number of benzene rings is 1. The fourth-order valence-electron chi connectivity index (χ4n) is 1.15. The summed E-state index contributed by atoms with van der Waals surface area (Å²) in [7, 11) is 0. The molecule has 0 spiro atoms. The molecule has 1 aromatic rings. The van der Waals surface area contributed by atoms with Gasteiger partial charge in [0.2, 0.25) is 0 Å². The molecule has 4 heteroatoms. The van der Waals surface area contributed by atoms with Crippen LogP contribution < -0.4 is 4.74 Å². The molecule has 0 aliphatic carbocycles. The number of oxime groups is 1. The van der Waals surface area contributed by atoms with Gasteiger partial charge < -0.3 is 9.57 Å². The van der Waals surface area contributed by atoms with Crippen LogP contribution in [0.1, 0.15) is 18.1 Å². The van der Waals surface area contributed by atoms with E-state index in [1.165, 1.54) is 0 Å². The van der Waals surface area contributed by atoms with E-state index >= 15 is 0 Å². The molecule has 1 aromatic carbocycles. The lowest BCUT2D eigenvalue weighted by Crippen LogP contribution is -1.98. The van der Waals surface area contributed by atoms with Gasteiger partial charge in [0.25, 0.3) is 0 Å². The van der Waals surface area contributed by atoms with Crippen molar-refractivity contribution < 1.29 is 9.57 Å². The quantitative estimate of drug-likeness (QED) is 0.545. The summed E-state index contributed by atoms with van der Waals surface area (Å²) >= 11 is 0. The Balaban J connectivity index is 2.93. The number of nitrogens with zero attached hydrogens (tertiary/aromatic N) is 2. The number of nitriles is 1. The molecule has 0 saturated carbocycles. The second-order valence-electron chi connectivity index (χ2n) is 2.77. The van der Waals surface area contributed by atoms with Gasteiger partial charge in [-0.15, -0.1) is 5.16 Å². The van der Waals surface area contributed by atoms with E-state index in [0.29, 0.717) is 24.5 Å². The molecule has 0 N–H and O–H groups in total. The molecule has 0 amide bonds. The molecule has 0 heterocycles. The van der Waals surface area contributed by atoms with Crippen molar-refractivity contribution in [2.75, 3.05) is 6.61 Å². The number of hydrogen-bond acceptors (Lipinski definition) is 4. The van der Waals surface area contributed by atoms with Gasteiger partial charge in [-0.1, -0.05) is 6.07 Å². The first kappa shape index (κ1) is 11.1. The van der Waals surface area contributed by atoms with E-state index in [-0.39, 0.29) is 0 Å². The van der Waals surface area contributed by atoms with Crippen LogP contribution in [-0.4, -0.2) is 13.3 Å². The second kappa shape index (κ2) is 5.66. The third-order valence-corrected chi connectivity index (χ3v) is 1.81. The fraction of sp³-hybridized carbons (Fsp3) is 0.273. The minimum atomic E-state index is 0.296. The smallest absolute Gasteiger partial charge is 0.145 e. The zero-order valence-electron chi connectivity index (χ0n) is 8.56. The fourth-order valence-corrected chi connectivity index (χ4v) is 1.15. The highest BCUT2D eigenvalue weighted by molar-refractivity contribution is 5.42. The molecular weight excluding hydrogens is 192 g/mol. The van der Waals surface area contributed by atoms with Crippen LogP contribution in [0.15, 0.2) is 23.4 Å². The minimum Gasteiger partial charge on any atom is -0.493 e. The van der Waals surface area contributed by atoms with Crippen molar-refractivity contribution in [1.82, 2.24) is 0 Å². The van der Waals surface area contributed by atoms with Crippen molar-refractivity contribution in [2.45, 2.75) is 13.5 Å². The number of rotatable bonds is 5. The Morgan fingerprint density at radius 3 is 2.93 bits per heavy atom. The van der Waals surface area contributed by atoms with E-state index in [4.69, 9.17) is 14.8 Å². The molecule has 78 valence electrons. The van der Waals surface area contributed by atoms with Gasteiger partial charge in [-0.25, -0.2) is 0 Å². The minimum absolute atomic E-state index is 0.296.